The fraction of sp³-hybridized carbons (Fsp3) is 0.286. The minimum atomic E-state index is -4.99. The molecule has 0 aliphatic heterocycles. The number of aryl methyl sites for hydroxylation is 1. The van der Waals surface area contributed by atoms with Gasteiger partial charge in [0.15, 0.2) is 6.04 Å². The largest absolute Gasteiger partial charge is 0.491 e. The average Bonchev–Trinajstić information content (AvgIpc) is 2.74. The van der Waals surface area contributed by atoms with Crippen molar-refractivity contribution >= 4 is 17.6 Å². The minimum absolute atomic E-state index is 0.159. The third kappa shape index (κ3) is 6.64. The van der Waals surface area contributed by atoms with Crippen LogP contribution < -0.4 is 15.4 Å². The Morgan fingerprint density at radius 1 is 1.19 bits per heavy atom. The number of aliphatic carboxylic acids is 1. The molecule has 1 unspecified atom stereocenters. The molecule has 0 bridgehead atoms. The van der Waals surface area contributed by atoms with Crippen molar-refractivity contribution in [3.8, 4) is 11.8 Å². The van der Waals surface area contributed by atoms with Crippen LogP contribution in [-0.4, -0.2) is 36.3 Å². The van der Waals surface area contributed by atoms with Gasteiger partial charge in [-0.3, -0.25) is 4.79 Å². The highest BCUT2D eigenvalue weighted by Crippen LogP contribution is 2.30. The first-order valence-corrected chi connectivity index (χ1v) is 9.25. The molecule has 2 rings (SSSR count). The SMILES string of the molecule is CCc1ccc(OCCNC(=O)C(F)(F)F)c(C(Nc2ccc(C#N)cc2)C(=O)O)c1. The number of nitriles is 1. The molecular formula is C21H20F3N3O4. The van der Waals surface area contributed by atoms with Crippen LogP contribution >= 0.6 is 0 Å². The van der Waals surface area contributed by atoms with Crippen LogP contribution in [0.5, 0.6) is 5.75 Å². The smallest absolute Gasteiger partial charge is 0.471 e. The number of alkyl halides is 3. The lowest BCUT2D eigenvalue weighted by molar-refractivity contribution is -0.173. The number of carbonyl (C=O) groups excluding carboxylic acids is 1. The highest BCUT2D eigenvalue weighted by molar-refractivity contribution is 5.81. The maximum Gasteiger partial charge on any atom is 0.471 e. The van der Waals surface area contributed by atoms with Gasteiger partial charge in [-0.25, -0.2) is 4.79 Å². The highest BCUT2D eigenvalue weighted by atomic mass is 19.4. The Hall–Kier alpha value is -3.74. The summed E-state index contributed by atoms with van der Waals surface area (Å²) in [5.41, 5.74) is 1.98. The Morgan fingerprint density at radius 2 is 1.87 bits per heavy atom. The molecule has 0 saturated carbocycles. The van der Waals surface area contributed by atoms with E-state index in [9.17, 15) is 27.9 Å². The fourth-order valence-electron chi connectivity index (χ4n) is 2.68. The van der Waals surface area contributed by atoms with Crippen molar-refractivity contribution in [3.05, 3.63) is 59.2 Å². The van der Waals surface area contributed by atoms with Crippen LogP contribution in [0, 0.1) is 11.3 Å². The number of benzene rings is 2. The van der Waals surface area contributed by atoms with Crippen LogP contribution in [0.25, 0.3) is 0 Å². The summed E-state index contributed by atoms with van der Waals surface area (Å²) in [4.78, 5) is 22.8. The number of carboxylic acids is 1. The Balaban J connectivity index is 2.21. The summed E-state index contributed by atoms with van der Waals surface area (Å²) in [6.07, 6.45) is -4.37. The van der Waals surface area contributed by atoms with Gasteiger partial charge < -0.3 is 20.5 Å². The molecular weight excluding hydrogens is 415 g/mol. The first kappa shape index (κ1) is 23.5. The molecule has 0 spiro atoms. The maximum absolute atomic E-state index is 12.3. The summed E-state index contributed by atoms with van der Waals surface area (Å²) in [5.74, 6) is -3.12. The zero-order valence-electron chi connectivity index (χ0n) is 16.5. The zero-order valence-corrected chi connectivity index (χ0v) is 16.5. The Morgan fingerprint density at radius 3 is 2.42 bits per heavy atom. The Kier molecular flexibility index (Phi) is 7.85. The molecule has 2 aromatic rings. The van der Waals surface area contributed by atoms with E-state index < -0.39 is 30.6 Å². The second kappa shape index (κ2) is 10.3. The molecule has 3 N–H and O–H groups in total. The number of carbonyl (C=O) groups is 2. The number of halogens is 3. The van der Waals surface area contributed by atoms with E-state index in [0.717, 1.165) is 5.56 Å². The van der Waals surface area contributed by atoms with Gasteiger partial charge in [-0.2, -0.15) is 18.4 Å². The van der Waals surface area contributed by atoms with Gasteiger partial charge in [-0.05, 0) is 48.4 Å². The van der Waals surface area contributed by atoms with E-state index in [2.05, 4.69) is 5.32 Å². The molecule has 1 amide bonds. The van der Waals surface area contributed by atoms with E-state index in [4.69, 9.17) is 10.00 Å². The van der Waals surface area contributed by atoms with Crippen molar-refractivity contribution in [2.75, 3.05) is 18.5 Å². The third-order valence-electron chi connectivity index (χ3n) is 4.27. The lowest BCUT2D eigenvalue weighted by atomic mass is 10.0. The molecule has 7 nitrogen and oxygen atoms in total. The standard InChI is InChI=1S/C21H20F3N3O4/c1-2-13-5-8-17(31-10-9-26-20(30)21(22,23)24)16(11-13)18(19(28)29)27-15-6-3-14(12-25)4-7-15/h3-8,11,18,27H,2,9-10H2,1H3,(H,26,30)(H,28,29). The van der Waals surface area contributed by atoms with Crippen LogP contribution in [0.3, 0.4) is 0 Å². The Labute approximate surface area is 176 Å². The zero-order chi connectivity index (χ0) is 23.0. The third-order valence-corrected chi connectivity index (χ3v) is 4.27. The number of hydrogen-bond donors (Lipinski definition) is 3. The van der Waals surface area contributed by atoms with Gasteiger partial charge in [0.1, 0.15) is 12.4 Å². The molecule has 0 fully saturated rings. The molecule has 31 heavy (non-hydrogen) atoms. The van der Waals surface area contributed by atoms with Crippen LogP contribution in [0.2, 0.25) is 0 Å². The van der Waals surface area contributed by atoms with Crippen molar-refractivity contribution in [3.63, 3.8) is 0 Å². The van der Waals surface area contributed by atoms with E-state index in [1.807, 2.05) is 13.0 Å². The predicted molar refractivity (Wildman–Crippen MR) is 106 cm³/mol. The number of ether oxygens (including phenoxy) is 1. The molecule has 10 heteroatoms. The van der Waals surface area contributed by atoms with Crippen LogP contribution in [0.4, 0.5) is 18.9 Å². The first-order valence-electron chi connectivity index (χ1n) is 9.25. The molecule has 0 radical (unpaired) electrons. The van der Waals surface area contributed by atoms with Gasteiger partial charge in [-0.1, -0.05) is 13.0 Å². The van der Waals surface area contributed by atoms with E-state index in [-0.39, 0.29) is 17.9 Å². The van der Waals surface area contributed by atoms with E-state index in [1.54, 1.807) is 29.6 Å². The second-order valence-corrected chi connectivity index (χ2v) is 6.43. The Bertz CT molecular complexity index is 969. The molecule has 0 aliphatic carbocycles. The second-order valence-electron chi connectivity index (χ2n) is 6.43. The fourth-order valence-corrected chi connectivity index (χ4v) is 2.68. The van der Waals surface area contributed by atoms with Gasteiger partial charge in [-0.15, -0.1) is 0 Å². The predicted octanol–water partition coefficient (Wildman–Crippen LogP) is 3.42. The summed E-state index contributed by atoms with van der Waals surface area (Å²) in [6.45, 7) is 1.19. The van der Waals surface area contributed by atoms with E-state index in [0.29, 0.717) is 17.7 Å². The lowest BCUT2D eigenvalue weighted by Gasteiger charge is -2.21. The van der Waals surface area contributed by atoms with Crippen molar-refractivity contribution in [2.24, 2.45) is 0 Å². The number of nitrogens with one attached hydrogen (secondary N) is 2. The molecule has 0 heterocycles. The number of carboxylic acid groups (broad SMARTS) is 1. The monoisotopic (exact) mass is 435 g/mol. The molecule has 2 aromatic carbocycles. The highest BCUT2D eigenvalue weighted by Gasteiger charge is 2.38. The molecule has 0 aromatic heterocycles. The average molecular weight is 435 g/mol. The first-order chi connectivity index (χ1) is 14.7. The normalized spacial score (nSPS) is 11.8. The van der Waals surface area contributed by atoms with Gasteiger partial charge in [0.05, 0.1) is 18.2 Å². The van der Waals surface area contributed by atoms with Crippen molar-refractivity contribution in [1.82, 2.24) is 5.32 Å². The van der Waals surface area contributed by atoms with Gasteiger partial charge in [0, 0.05) is 11.3 Å². The van der Waals surface area contributed by atoms with Gasteiger partial charge in [0.2, 0.25) is 0 Å². The van der Waals surface area contributed by atoms with Crippen molar-refractivity contribution in [2.45, 2.75) is 25.6 Å². The topological polar surface area (TPSA) is 111 Å². The summed E-state index contributed by atoms with van der Waals surface area (Å²) in [6, 6.07) is 11.8. The quantitative estimate of drug-likeness (QED) is 0.521. The van der Waals surface area contributed by atoms with Gasteiger partial charge in [0.25, 0.3) is 0 Å². The molecule has 1 atom stereocenters. The number of nitrogens with zero attached hydrogens (tertiary/aromatic N) is 1. The van der Waals surface area contributed by atoms with Crippen LogP contribution in [0.15, 0.2) is 42.5 Å². The maximum atomic E-state index is 12.3. The molecule has 0 aliphatic rings. The number of hydrogen-bond acceptors (Lipinski definition) is 5. The summed E-state index contributed by atoms with van der Waals surface area (Å²) < 4.78 is 42.2. The van der Waals surface area contributed by atoms with Crippen LogP contribution in [-0.2, 0) is 16.0 Å². The van der Waals surface area contributed by atoms with Gasteiger partial charge >= 0.3 is 18.1 Å². The summed E-state index contributed by atoms with van der Waals surface area (Å²) in [7, 11) is 0. The number of anilines is 1. The number of rotatable bonds is 9. The molecule has 164 valence electrons. The number of amides is 1. The summed E-state index contributed by atoms with van der Waals surface area (Å²) >= 11 is 0. The van der Waals surface area contributed by atoms with Crippen molar-refractivity contribution in [1.29, 1.82) is 5.26 Å². The lowest BCUT2D eigenvalue weighted by Crippen LogP contribution is -2.38. The summed E-state index contributed by atoms with van der Waals surface area (Å²) in [5, 5.41) is 23.2. The van der Waals surface area contributed by atoms with Crippen molar-refractivity contribution < 1.29 is 32.6 Å². The van der Waals surface area contributed by atoms with Crippen LogP contribution in [0.1, 0.15) is 29.7 Å². The van der Waals surface area contributed by atoms with E-state index >= 15 is 0 Å². The molecule has 0 saturated heterocycles. The van der Waals surface area contributed by atoms with E-state index in [1.165, 1.54) is 18.2 Å². The minimum Gasteiger partial charge on any atom is -0.491 e.